The lowest BCUT2D eigenvalue weighted by molar-refractivity contribution is 0.456. The molecule has 0 aliphatic carbocycles. The van der Waals surface area contributed by atoms with Crippen LogP contribution >= 0.6 is 0 Å². The minimum Gasteiger partial charge on any atom is -0.309 e. The molecule has 124 valence electrons. The second kappa shape index (κ2) is 6.25. The van der Waals surface area contributed by atoms with E-state index in [1.165, 1.54) is 12.1 Å². The van der Waals surface area contributed by atoms with Crippen molar-refractivity contribution in [1.82, 2.24) is 5.32 Å². The predicted octanol–water partition coefficient (Wildman–Crippen LogP) is 1.15. The molecule has 1 aliphatic rings. The van der Waals surface area contributed by atoms with E-state index in [0.29, 0.717) is 0 Å². The largest absolute Gasteiger partial charge is 0.309 e. The van der Waals surface area contributed by atoms with E-state index in [9.17, 15) is 21.2 Å². The normalized spacial score (nSPS) is 26.0. The first-order chi connectivity index (χ1) is 10.2. The molecule has 2 rings (SSSR count). The molecule has 1 aromatic carbocycles. The smallest absolute Gasteiger partial charge is 0.183 e. The summed E-state index contributed by atoms with van der Waals surface area (Å²) in [6.07, 6.45) is 0.764. The molecular formula is C14H20FNO4S2. The fourth-order valence-electron chi connectivity index (χ4n) is 2.56. The zero-order valence-corrected chi connectivity index (χ0v) is 14.1. The molecule has 0 radical (unpaired) electrons. The van der Waals surface area contributed by atoms with Gasteiger partial charge in [-0.1, -0.05) is 6.92 Å². The zero-order chi connectivity index (χ0) is 16.5. The molecule has 0 bridgehead atoms. The molecule has 5 nitrogen and oxygen atoms in total. The minimum atomic E-state index is -3.84. The predicted molar refractivity (Wildman–Crippen MR) is 82.7 cm³/mol. The summed E-state index contributed by atoms with van der Waals surface area (Å²) in [4.78, 5) is -0.0491. The topological polar surface area (TPSA) is 80.3 Å². The van der Waals surface area contributed by atoms with Crippen molar-refractivity contribution in [1.29, 1.82) is 0 Å². The summed E-state index contributed by atoms with van der Waals surface area (Å²) >= 11 is 0. The Labute approximate surface area is 130 Å². The third-order valence-electron chi connectivity index (χ3n) is 3.95. The van der Waals surface area contributed by atoms with Crippen LogP contribution in [0.4, 0.5) is 4.39 Å². The molecule has 1 saturated heterocycles. The maximum Gasteiger partial charge on any atom is 0.183 e. The molecular weight excluding hydrogens is 329 g/mol. The van der Waals surface area contributed by atoms with Gasteiger partial charge in [-0.25, -0.2) is 21.2 Å². The minimum absolute atomic E-state index is 0.0178. The van der Waals surface area contributed by atoms with Gasteiger partial charge in [0.05, 0.1) is 21.7 Å². The van der Waals surface area contributed by atoms with Crippen LogP contribution in [0, 0.1) is 5.82 Å². The standard InChI is InChI=1S/C14H20FNO4S2/c1-3-10(2)16-13-8-21(17,18)9-14(13)22(19,20)12-6-4-11(15)5-7-12/h4-7,10,13-14,16H,3,8-9H2,1-2H3/t10-,13+,14+/m1/s1. The lowest BCUT2D eigenvalue weighted by Gasteiger charge is -2.23. The van der Waals surface area contributed by atoms with E-state index in [1.807, 2.05) is 13.8 Å². The summed E-state index contributed by atoms with van der Waals surface area (Å²) < 4.78 is 62.1. The SMILES string of the molecule is CC[C@@H](C)N[C@H]1CS(=O)(=O)C[C@@H]1S(=O)(=O)c1ccc(F)cc1. The van der Waals surface area contributed by atoms with Crippen LogP contribution in [0.25, 0.3) is 0 Å². The number of hydrogen-bond acceptors (Lipinski definition) is 5. The Balaban J connectivity index is 2.36. The van der Waals surface area contributed by atoms with Gasteiger partial charge in [-0.15, -0.1) is 0 Å². The van der Waals surface area contributed by atoms with Crippen LogP contribution in [0.1, 0.15) is 20.3 Å². The van der Waals surface area contributed by atoms with Crippen molar-refractivity contribution >= 4 is 19.7 Å². The highest BCUT2D eigenvalue weighted by atomic mass is 32.2. The molecule has 1 aliphatic heterocycles. The maximum absolute atomic E-state index is 13.0. The van der Waals surface area contributed by atoms with E-state index >= 15 is 0 Å². The average molecular weight is 349 g/mol. The third kappa shape index (κ3) is 3.67. The first-order valence-electron chi connectivity index (χ1n) is 7.11. The molecule has 0 aromatic heterocycles. The number of sulfone groups is 2. The Morgan fingerprint density at radius 1 is 1.27 bits per heavy atom. The summed E-state index contributed by atoms with van der Waals surface area (Å²) in [5.41, 5.74) is 0. The number of benzene rings is 1. The molecule has 0 unspecified atom stereocenters. The summed E-state index contributed by atoms with van der Waals surface area (Å²) in [7, 11) is -7.25. The van der Waals surface area contributed by atoms with E-state index in [0.717, 1.165) is 18.6 Å². The molecule has 8 heteroatoms. The Kier molecular flexibility index (Phi) is 4.93. The zero-order valence-electron chi connectivity index (χ0n) is 12.5. The second-order valence-electron chi connectivity index (χ2n) is 5.70. The molecule has 3 atom stereocenters. The lowest BCUT2D eigenvalue weighted by Crippen LogP contribution is -2.46. The van der Waals surface area contributed by atoms with E-state index < -0.39 is 42.5 Å². The maximum atomic E-state index is 13.0. The fraction of sp³-hybridized carbons (Fsp3) is 0.571. The summed E-state index contributed by atoms with van der Waals surface area (Å²) in [6, 6.07) is 3.85. The molecule has 0 saturated carbocycles. The number of hydrogen-bond donors (Lipinski definition) is 1. The molecule has 1 N–H and O–H groups in total. The van der Waals surface area contributed by atoms with Crippen molar-refractivity contribution in [3.63, 3.8) is 0 Å². The summed E-state index contributed by atoms with van der Waals surface area (Å²) in [5, 5.41) is 2.04. The van der Waals surface area contributed by atoms with E-state index in [-0.39, 0.29) is 16.7 Å². The number of halogens is 1. The van der Waals surface area contributed by atoms with Crippen LogP contribution in [-0.2, 0) is 19.7 Å². The monoisotopic (exact) mass is 349 g/mol. The van der Waals surface area contributed by atoms with Crippen LogP contribution in [0.2, 0.25) is 0 Å². The Hall–Kier alpha value is -0.990. The van der Waals surface area contributed by atoms with Gasteiger partial charge in [0.15, 0.2) is 19.7 Å². The van der Waals surface area contributed by atoms with Gasteiger partial charge in [0, 0.05) is 12.1 Å². The first-order valence-corrected chi connectivity index (χ1v) is 10.5. The van der Waals surface area contributed by atoms with Gasteiger partial charge < -0.3 is 5.32 Å². The number of nitrogens with one attached hydrogen (secondary N) is 1. The highest BCUT2D eigenvalue weighted by molar-refractivity contribution is 7.96. The Morgan fingerprint density at radius 2 is 1.86 bits per heavy atom. The third-order valence-corrected chi connectivity index (χ3v) is 8.12. The van der Waals surface area contributed by atoms with E-state index in [4.69, 9.17) is 0 Å². The quantitative estimate of drug-likeness (QED) is 0.807. The van der Waals surface area contributed by atoms with Crippen LogP contribution in [0.3, 0.4) is 0 Å². The van der Waals surface area contributed by atoms with Crippen LogP contribution in [0.15, 0.2) is 29.2 Å². The van der Waals surface area contributed by atoms with Gasteiger partial charge in [0.2, 0.25) is 0 Å². The average Bonchev–Trinajstić information content (AvgIpc) is 2.74. The summed E-state index contributed by atoms with van der Waals surface area (Å²) in [5.74, 6) is -1.13. The number of rotatable bonds is 5. The lowest BCUT2D eigenvalue weighted by atomic mass is 10.2. The molecule has 1 aromatic rings. The van der Waals surface area contributed by atoms with Gasteiger partial charge in [-0.3, -0.25) is 0 Å². The van der Waals surface area contributed by atoms with Gasteiger partial charge in [-0.2, -0.15) is 0 Å². The molecule has 1 fully saturated rings. The summed E-state index contributed by atoms with van der Waals surface area (Å²) in [6.45, 7) is 3.82. The van der Waals surface area contributed by atoms with Crippen molar-refractivity contribution in [3.8, 4) is 0 Å². The van der Waals surface area contributed by atoms with Crippen LogP contribution in [0.5, 0.6) is 0 Å². The highest BCUT2D eigenvalue weighted by Crippen LogP contribution is 2.26. The van der Waals surface area contributed by atoms with Gasteiger partial charge in [-0.05, 0) is 37.6 Å². The Morgan fingerprint density at radius 3 is 2.41 bits per heavy atom. The fourth-order valence-corrected chi connectivity index (χ4v) is 7.24. The van der Waals surface area contributed by atoms with Crippen molar-refractivity contribution in [2.45, 2.75) is 42.5 Å². The van der Waals surface area contributed by atoms with Gasteiger partial charge in [0.25, 0.3) is 0 Å². The van der Waals surface area contributed by atoms with Gasteiger partial charge >= 0.3 is 0 Å². The van der Waals surface area contributed by atoms with E-state index in [1.54, 1.807) is 0 Å². The Bertz CT molecular complexity index is 729. The van der Waals surface area contributed by atoms with Crippen LogP contribution < -0.4 is 5.32 Å². The van der Waals surface area contributed by atoms with Crippen LogP contribution in [-0.4, -0.2) is 45.7 Å². The molecule has 1 heterocycles. The van der Waals surface area contributed by atoms with Gasteiger partial charge in [0.1, 0.15) is 5.82 Å². The van der Waals surface area contributed by atoms with Crippen molar-refractivity contribution in [2.75, 3.05) is 11.5 Å². The molecule has 0 spiro atoms. The second-order valence-corrected chi connectivity index (χ2v) is 10.0. The van der Waals surface area contributed by atoms with E-state index in [2.05, 4.69) is 5.32 Å². The first kappa shape index (κ1) is 17.4. The van der Waals surface area contributed by atoms with Crippen molar-refractivity contribution in [2.24, 2.45) is 0 Å². The molecule has 0 amide bonds. The highest BCUT2D eigenvalue weighted by Gasteiger charge is 2.45. The van der Waals surface area contributed by atoms with Crippen molar-refractivity contribution in [3.05, 3.63) is 30.1 Å². The molecule has 22 heavy (non-hydrogen) atoms. The van der Waals surface area contributed by atoms with Crippen molar-refractivity contribution < 1.29 is 21.2 Å².